The highest BCUT2D eigenvalue weighted by molar-refractivity contribution is 6.42. The highest BCUT2D eigenvalue weighted by Crippen LogP contribution is 2.04. The fraction of sp³-hybridized carbons (Fsp3) is 0.500. The van der Waals surface area contributed by atoms with E-state index < -0.39 is 11.7 Å². The van der Waals surface area contributed by atoms with Crippen LogP contribution in [0.1, 0.15) is 55.8 Å². The SMILES string of the molecule is CCCCCCCCNC(=O)C(=O)c1ccccc1. The van der Waals surface area contributed by atoms with Crippen LogP contribution in [0.2, 0.25) is 0 Å². The van der Waals surface area contributed by atoms with Crippen LogP contribution in [0.25, 0.3) is 0 Å². The van der Waals surface area contributed by atoms with Crippen LogP contribution in [0.5, 0.6) is 0 Å². The number of unbranched alkanes of at least 4 members (excludes halogenated alkanes) is 5. The van der Waals surface area contributed by atoms with Crippen molar-refractivity contribution >= 4 is 11.7 Å². The molecule has 0 radical (unpaired) electrons. The molecule has 1 N–H and O–H groups in total. The van der Waals surface area contributed by atoms with Crippen molar-refractivity contribution in [1.29, 1.82) is 0 Å². The molecule has 1 aromatic carbocycles. The molecule has 0 saturated carbocycles. The number of ketones is 1. The molecule has 0 aliphatic carbocycles. The van der Waals surface area contributed by atoms with Crippen molar-refractivity contribution in [2.24, 2.45) is 0 Å². The summed E-state index contributed by atoms with van der Waals surface area (Å²) in [5, 5.41) is 2.68. The van der Waals surface area contributed by atoms with Crippen molar-refractivity contribution in [3.8, 4) is 0 Å². The van der Waals surface area contributed by atoms with Crippen molar-refractivity contribution in [3.63, 3.8) is 0 Å². The maximum absolute atomic E-state index is 11.7. The van der Waals surface area contributed by atoms with Gasteiger partial charge in [-0.1, -0.05) is 69.4 Å². The first-order valence-corrected chi connectivity index (χ1v) is 7.13. The Morgan fingerprint density at radius 3 is 2.26 bits per heavy atom. The summed E-state index contributed by atoms with van der Waals surface area (Å²) in [6.45, 7) is 2.78. The summed E-state index contributed by atoms with van der Waals surface area (Å²) < 4.78 is 0. The second kappa shape index (κ2) is 9.31. The van der Waals surface area contributed by atoms with E-state index in [0.29, 0.717) is 12.1 Å². The zero-order valence-electron chi connectivity index (χ0n) is 11.7. The Morgan fingerprint density at radius 1 is 0.947 bits per heavy atom. The zero-order chi connectivity index (χ0) is 13.9. The van der Waals surface area contributed by atoms with Crippen LogP contribution in [-0.4, -0.2) is 18.2 Å². The minimum Gasteiger partial charge on any atom is -0.349 e. The molecule has 0 fully saturated rings. The lowest BCUT2D eigenvalue weighted by Gasteiger charge is -2.04. The van der Waals surface area contributed by atoms with Gasteiger partial charge in [-0.2, -0.15) is 0 Å². The van der Waals surface area contributed by atoms with Gasteiger partial charge < -0.3 is 5.32 Å². The number of hydrogen-bond donors (Lipinski definition) is 1. The minimum absolute atomic E-state index is 0.447. The van der Waals surface area contributed by atoms with E-state index in [-0.39, 0.29) is 0 Å². The molecule has 19 heavy (non-hydrogen) atoms. The topological polar surface area (TPSA) is 46.2 Å². The molecule has 0 bridgehead atoms. The predicted molar refractivity (Wildman–Crippen MR) is 77.2 cm³/mol. The number of Topliss-reactive ketones (excluding diaryl/α,β-unsaturated/α-hetero) is 1. The maximum atomic E-state index is 11.7. The molecule has 1 amide bonds. The van der Waals surface area contributed by atoms with Crippen LogP contribution in [0.15, 0.2) is 30.3 Å². The lowest BCUT2D eigenvalue weighted by atomic mass is 10.1. The van der Waals surface area contributed by atoms with E-state index in [1.165, 1.54) is 25.7 Å². The number of amides is 1. The molecular formula is C16H23NO2. The number of carbonyl (C=O) groups excluding carboxylic acids is 2. The largest absolute Gasteiger partial charge is 0.349 e. The zero-order valence-corrected chi connectivity index (χ0v) is 11.7. The summed E-state index contributed by atoms with van der Waals surface area (Å²) in [5.41, 5.74) is 0.447. The molecule has 0 saturated heterocycles. The molecule has 0 atom stereocenters. The molecule has 3 nitrogen and oxygen atoms in total. The Hall–Kier alpha value is -1.64. The van der Waals surface area contributed by atoms with Gasteiger partial charge in [-0.25, -0.2) is 0 Å². The van der Waals surface area contributed by atoms with Crippen LogP contribution >= 0.6 is 0 Å². The van der Waals surface area contributed by atoms with Crippen molar-refractivity contribution in [2.75, 3.05) is 6.54 Å². The third-order valence-electron chi connectivity index (χ3n) is 3.06. The Kier molecular flexibility index (Phi) is 7.56. The Labute approximate surface area is 115 Å². The lowest BCUT2D eigenvalue weighted by Crippen LogP contribution is -2.31. The predicted octanol–water partition coefficient (Wildman–Crippen LogP) is 3.35. The normalized spacial score (nSPS) is 10.2. The first-order chi connectivity index (χ1) is 9.25. The van der Waals surface area contributed by atoms with Gasteiger partial charge in [0, 0.05) is 12.1 Å². The highest BCUT2D eigenvalue weighted by Gasteiger charge is 2.14. The average Bonchev–Trinajstić information content (AvgIpc) is 2.46. The van der Waals surface area contributed by atoms with E-state index in [0.717, 1.165) is 12.8 Å². The van der Waals surface area contributed by atoms with Gasteiger partial charge in [-0.05, 0) is 6.42 Å². The summed E-state index contributed by atoms with van der Waals surface area (Å²) >= 11 is 0. The molecule has 3 heteroatoms. The molecule has 0 aromatic heterocycles. The van der Waals surface area contributed by atoms with E-state index in [1.54, 1.807) is 24.3 Å². The van der Waals surface area contributed by atoms with Gasteiger partial charge in [0.1, 0.15) is 0 Å². The number of nitrogens with one attached hydrogen (secondary N) is 1. The average molecular weight is 261 g/mol. The van der Waals surface area contributed by atoms with Crippen molar-refractivity contribution in [1.82, 2.24) is 5.32 Å². The summed E-state index contributed by atoms with van der Waals surface area (Å²) in [6.07, 6.45) is 7.03. The van der Waals surface area contributed by atoms with Gasteiger partial charge in [0.05, 0.1) is 0 Å². The molecule has 1 rings (SSSR count). The van der Waals surface area contributed by atoms with Crippen LogP contribution in [0.4, 0.5) is 0 Å². The minimum atomic E-state index is -0.500. The van der Waals surface area contributed by atoms with E-state index in [1.807, 2.05) is 6.07 Å². The van der Waals surface area contributed by atoms with Gasteiger partial charge in [-0.15, -0.1) is 0 Å². The summed E-state index contributed by atoms with van der Waals surface area (Å²) in [5.74, 6) is -0.952. The van der Waals surface area contributed by atoms with Gasteiger partial charge >= 0.3 is 0 Å². The summed E-state index contributed by atoms with van der Waals surface area (Å²) in [7, 11) is 0. The fourth-order valence-corrected chi connectivity index (χ4v) is 1.91. The number of rotatable bonds is 9. The Morgan fingerprint density at radius 2 is 1.58 bits per heavy atom. The van der Waals surface area contributed by atoms with Crippen molar-refractivity contribution < 1.29 is 9.59 Å². The molecule has 0 unspecified atom stereocenters. The fourth-order valence-electron chi connectivity index (χ4n) is 1.91. The van der Waals surface area contributed by atoms with Crippen LogP contribution in [0.3, 0.4) is 0 Å². The number of benzene rings is 1. The Balaban J connectivity index is 2.16. The van der Waals surface area contributed by atoms with Crippen LogP contribution in [0, 0.1) is 0 Å². The van der Waals surface area contributed by atoms with Crippen molar-refractivity contribution in [3.05, 3.63) is 35.9 Å². The standard InChI is InChI=1S/C16H23NO2/c1-2-3-4-5-6-10-13-17-16(19)15(18)14-11-8-7-9-12-14/h7-9,11-12H,2-6,10,13H2,1H3,(H,17,19). The van der Waals surface area contributed by atoms with Gasteiger partial charge in [-0.3, -0.25) is 9.59 Å². The van der Waals surface area contributed by atoms with E-state index >= 15 is 0 Å². The van der Waals surface area contributed by atoms with Gasteiger partial charge in [0.15, 0.2) is 0 Å². The summed E-state index contributed by atoms with van der Waals surface area (Å²) in [6, 6.07) is 8.66. The molecule has 0 heterocycles. The van der Waals surface area contributed by atoms with Crippen molar-refractivity contribution in [2.45, 2.75) is 45.4 Å². The Bertz CT molecular complexity index is 387. The maximum Gasteiger partial charge on any atom is 0.292 e. The number of carbonyl (C=O) groups is 2. The molecule has 0 aliphatic rings. The van der Waals surface area contributed by atoms with E-state index in [2.05, 4.69) is 12.2 Å². The highest BCUT2D eigenvalue weighted by atomic mass is 16.2. The molecular weight excluding hydrogens is 238 g/mol. The lowest BCUT2D eigenvalue weighted by molar-refractivity contribution is -0.117. The smallest absolute Gasteiger partial charge is 0.292 e. The molecule has 1 aromatic rings. The molecule has 0 aliphatic heterocycles. The quantitative estimate of drug-likeness (QED) is 0.421. The second-order valence-corrected chi connectivity index (χ2v) is 4.72. The third kappa shape index (κ3) is 6.18. The summed E-state index contributed by atoms with van der Waals surface area (Å²) in [4.78, 5) is 23.4. The van der Waals surface area contributed by atoms with Crippen LogP contribution in [-0.2, 0) is 4.79 Å². The third-order valence-corrected chi connectivity index (χ3v) is 3.06. The van der Waals surface area contributed by atoms with E-state index in [9.17, 15) is 9.59 Å². The first-order valence-electron chi connectivity index (χ1n) is 7.13. The molecule has 104 valence electrons. The second-order valence-electron chi connectivity index (χ2n) is 4.72. The monoisotopic (exact) mass is 261 g/mol. The van der Waals surface area contributed by atoms with E-state index in [4.69, 9.17) is 0 Å². The molecule has 0 spiro atoms. The van der Waals surface area contributed by atoms with Crippen LogP contribution < -0.4 is 5.32 Å². The number of hydrogen-bond acceptors (Lipinski definition) is 2. The van der Waals surface area contributed by atoms with Gasteiger partial charge in [0.2, 0.25) is 5.78 Å². The van der Waals surface area contributed by atoms with Gasteiger partial charge in [0.25, 0.3) is 5.91 Å². The first kappa shape index (κ1) is 15.4.